The summed E-state index contributed by atoms with van der Waals surface area (Å²) in [5.74, 6) is -1.58. The highest BCUT2D eigenvalue weighted by molar-refractivity contribution is 5.92. The highest BCUT2D eigenvalue weighted by Gasteiger charge is 2.37. The van der Waals surface area contributed by atoms with E-state index in [1.807, 2.05) is 36.4 Å². The van der Waals surface area contributed by atoms with E-state index in [2.05, 4.69) is 10.6 Å². The summed E-state index contributed by atoms with van der Waals surface area (Å²) >= 11 is 0. The summed E-state index contributed by atoms with van der Waals surface area (Å²) in [5, 5.41) is 35.4. The molecule has 3 aromatic rings. The summed E-state index contributed by atoms with van der Waals surface area (Å²) in [6.45, 7) is 4.66. The Balaban J connectivity index is 2.00. The number of benzene rings is 3. The number of rotatable bonds is 10. The minimum absolute atomic E-state index is 0.0255. The second-order valence-electron chi connectivity index (χ2n) is 10.4. The fraction of sp³-hybridized carbons (Fsp3) is 0.290. The van der Waals surface area contributed by atoms with Crippen molar-refractivity contribution in [3.63, 3.8) is 0 Å². The third-order valence-corrected chi connectivity index (χ3v) is 5.99. The molecule has 2 atom stereocenters. The fourth-order valence-corrected chi connectivity index (χ4v) is 4.14. The van der Waals surface area contributed by atoms with Crippen molar-refractivity contribution < 1.29 is 29.3 Å². The quantitative estimate of drug-likeness (QED) is 0.275. The first-order valence-corrected chi connectivity index (χ1v) is 13.0. The van der Waals surface area contributed by atoms with E-state index < -0.39 is 42.1 Å². The van der Waals surface area contributed by atoms with Crippen LogP contribution in [0.1, 0.15) is 43.5 Å². The lowest BCUT2D eigenvalue weighted by atomic mass is 9.99. The number of aromatic hydroxyl groups is 2. The van der Waals surface area contributed by atoms with E-state index in [1.54, 1.807) is 45.0 Å². The van der Waals surface area contributed by atoms with Gasteiger partial charge in [0, 0.05) is 18.5 Å². The topological polar surface area (TPSA) is 152 Å². The van der Waals surface area contributed by atoms with Crippen molar-refractivity contribution in [1.29, 1.82) is 5.26 Å². The highest BCUT2D eigenvalue weighted by Crippen LogP contribution is 2.30. The molecule has 0 bridgehead atoms. The molecule has 0 heterocycles. The van der Waals surface area contributed by atoms with Crippen LogP contribution in [0.5, 0.6) is 11.5 Å². The lowest BCUT2D eigenvalue weighted by Gasteiger charge is -2.33. The van der Waals surface area contributed by atoms with Gasteiger partial charge in [0.2, 0.25) is 11.8 Å². The van der Waals surface area contributed by atoms with E-state index in [4.69, 9.17) is 4.74 Å². The third-order valence-electron chi connectivity index (χ3n) is 5.99. The first-order valence-electron chi connectivity index (χ1n) is 13.0. The van der Waals surface area contributed by atoms with Crippen molar-refractivity contribution in [3.8, 4) is 17.6 Å². The maximum atomic E-state index is 14.1. The Hall–Kier alpha value is -5.04. The number of phenolic OH excluding ortho intramolecular Hbond substituents is 2. The number of nitrogens with one attached hydrogen (secondary N) is 2. The van der Waals surface area contributed by atoms with Gasteiger partial charge in [-0.1, -0.05) is 60.7 Å². The summed E-state index contributed by atoms with van der Waals surface area (Å²) in [4.78, 5) is 41.5. The number of hydrogen-bond acceptors (Lipinski definition) is 7. The average Bonchev–Trinajstić information content (AvgIpc) is 2.92. The Morgan fingerprint density at radius 2 is 1.56 bits per heavy atom. The number of amides is 3. The largest absolute Gasteiger partial charge is 0.508 e. The van der Waals surface area contributed by atoms with Crippen LogP contribution in [-0.2, 0) is 27.3 Å². The van der Waals surface area contributed by atoms with Gasteiger partial charge in [-0.3, -0.25) is 9.59 Å². The van der Waals surface area contributed by atoms with Crippen LogP contribution in [0.15, 0.2) is 78.9 Å². The summed E-state index contributed by atoms with van der Waals surface area (Å²) in [6.07, 6.45) is -0.890. The van der Waals surface area contributed by atoms with Crippen molar-refractivity contribution in [3.05, 3.63) is 95.6 Å². The lowest BCUT2D eigenvalue weighted by molar-refractivity contribution is -0.141. The zero-order chi connectivity index (χ0) is 30.0. The lowest BCUT2D eigenvalue weighted by Crippen LogP contribution is -2.53. The Kier molecular flexibility index (Phi) is 10.3. The maximum Gasteiger partial charge on any atom is 0.408 e. The van der Waals surface area contributed by atoms with Gasteiger partial charge in [-0.15, -0.1) is 0 Å². The molecule has 3 rings (SSSR count). The number of para-hydroxylation sites is 1. The number of nitriles is 1. The predicted octanol–water partition coefficient (Wildman–Crippen LogP) is 3.94. The molecule has 0 radical (unpaired) electrons. The van der Waals surface area contributed by atoms with Gasteiger partial charge in [0.25, 0.3) is 0 Å². The molecule has 2 unspecified atom stereocenters. The first-order chi connectivity index (χ1) is 19.5. The van der Waals surface area contributed by atoms with Gasteiger partial charge in [0.05, 0.1) is 6.07 Å². The van der Waals surface area contributed by atoms with Gasteiger partial charge < -0.3 is 30.5 Å². The molecule has 10 nitrogen and oxygen atoms in total. The molecule has 41 heavy (non-hydrogen) atoms. The van der Waals surface area contributed by atoms with Gasteiger partial charge >= 0.3 is 6.09 Å². The van der Waals surface area contributed by atoms with Crippen LogP contribution in [0.25, 0.3) is 0 Å². The minimum Gasteiger partial charge on any atom is -0.508 e. The standard InChI is InChI=1S/C31H34N4O6/c1-31(2,3)41-30(40)34-25(19-21-13-15-23(36)16-14-21)29(39)35(18-17-32)27(24-11-7-8-12-26(24)37)28(38)33-20-22-9-5-4-6-10-22/h4-16,25,27,36-37H,18-20H2,1-3H3,(H,33,38)(H,34,40). The smallest absolute Gasteiger partial charge is 0.408 e. The molecule has 0 fully saturated rings. The zero-order valence-corrected chi connectivity index (χ0v) is 23.2. The van der Waals surface area contributed by atoms with Gasteiger partial charge in [-0.05, 0) is 50.1 Å². The Labute approximate surface area is 239 Å². The number of phenols is 2. The van der Waals surface area contributed by atoms with Crippen molar-refractivity contribution in [2.24, 2.45) is 0 Å². The van der Waals surface area contributed by atoms with Crippen LogP contribution in [0, 0.1) is 11.3 Å². The van der Waals surface area contributed by atoms with Gasteiger partial charge in [0.15, 0.2) is 0 Å². The van der Waals surface area contributed by atoms with Crippen molar-refractivity contribution in [2.75, 3.05) is 6.54 Å². The number of nitrogens with zero attached hydrogens (tertiary/aromatic N) is 2. The van der Waals surface area contributed by atoms with Crippen LogP contribution in [-0.4, -0.2) is 51.2 Å². The van der Waals surface area contributed by atoms with Crippen LogP contribution in [0.2, 0.25) is 0 Å². The molecule has 10 heteroatoms. The molecule has 3 aromatic carbocycles. The average molecular weight is 559 g/mol. The monoisotopic (exact) mass is 558 g/mol. The second-order valence-corrected chi connectivity index (χ2v) is 10.4. The molecular formula is C31H34N4O6. The third kappa shape index (κ3) is 9.00. The number of alkyl carbamates (subject to hydrolysis) is 1. The number of carbonyl (C=O) groups excluding carboxylic acids is 3. The Morgan fingerprint density at radius 1 is 0.927 bits per heavy atom. The zero-order valence-electron chi connectivity index (χ0n) is 23.2. The number of ether oxygens (including phenoxy) is 1. The summed E-state index contributed by atoms with van der Waals surface area (Å²) in [5.41, 5.74) is 0.675. The highest BCUT2D eigenvalue weighted by atomic mass is 16.6. The van der Waals surface area contributed by atoms with E-state index in [1.165, 1.54) is 24.3 Å². The van der Waals surface area contributed by atoms with Crippen LogP contribution in [0.3, 0.4) is 0 Å². The van der Waals surface area contributed by atoms with Crippen LogP contribution in [0.4, 0.5) is 4.79 Å². The Morgan fingerprint density at radius 3 is 2.17 bits per heavy atom. The molecule has 0 aliphatic carbocycles. The summed E-state index contributed by atoms with van der Waals surface area (Å²) < 4.78 is 5.37. The summed E-state index contributed by atoms with van der Waals surface area (Å²) in [7, 11) is 0. The van der Waals surface area contributed by atoms with Crippen LogP contribution >= 0.6 is 0 Å². The van der Waals surface area contributed by atoms with E-state index in [0.717, 1.165) is 10.5 Å². The second kappa shape index (κ2) is 13.8. The van der Waals surface area contributed by atoms with Crippen molar-refractivity contribution >= 4 is 17.9 Å². The van der Waals surface area contributed by atoms with E-state index in [-0.39, 0.29) is 30.0 Å². The van der Waals surface area contributed by atoms with Gasteiger partial charge in [-0.2, -0.15) is 5.26 Å². The van der Waals surface area contributed by atoms with Crippen molar-refractivity contribution in [1.82, 2.24) is 15.5 Å². The predicted molar refractivity (Wildman–Crippen MR) is 151 cm³/mol. The van der Waals surface area contributed by atoms with E-state index in [9.17, 15) is 29.9 Å². The molecule has 214 valence electrons. The molecule has 3 amide bonds. The molecule has 4 N–H and O–H groups in total. The fourth-order valence-electron chi connectivity index (χ4n) is 4.14. The number of carbonyl (C=O) groups is 3. The van der Waals surface area contributed by atoms with E-state index >= 15 is 0 Å². The van der Waals surface area contributed by atoms with Crippen LogP contribution < -0.4 is 10.6 Å². The van der Waals surface area contributed by atoms with Gasteiger partial charge in [0.1, 0.15) is 35.7 Å². The normalized spacial score (nSPS) is 12.3. The molecule has 0 aromatic heterocycles. The molecule has 0 aliphatic heterocycles. The Bertz CT molecular complexity index is 1380. The SMILES string of the molecule is CC(C)(C)OC(=O)NC(Cc1ccc(O)cc1)C(=O)N(CC#N)C(C(=O)NCc1ccccc1)c1ccccc1O. The molecule has 0 spiro atoms. The maximum absolute atomic E-state index is 14.1. The van der Waals surface area contributed by atoms with Crippen molar-refractivity contribution in [2.45, 2.75) is 51.4 Å². The minimum atomic E-state index is -1.39. The molecule has 0 saturated heterocycles. The van der Waals surface area contributed by atoms with E-state index in [0.29, 0.717) is 5.56 Å². The first kappa shape index (κ1) is 30.5. The number of hydrogen-bond donors (Lipinski definition) is 4. The molecule has 0 aliphatic rings. The summed E-state index contributed by atoms with van der Waals surface area (Å²) in [6, 6.07) is 20.6. The molecular weight excluding hydrogens is 524 g/mol. The van der Waals surface area contributed by atoms with Gasteiger partial charge in [-0.25, -0.2) is 4.79 Å². The molecule has 0 saturated carbocycles.